The maximum Gasteiger partial charge on any atom is 0.293 e. The molecular weight excluding hydrogens is 262 g/mol. The first-order valence-corrected chi connectivity index (χ1v) is 7.03. The molecule has 110 valence electrons. The third-order valence-electron chi connectivity index (χ3n) is 3.46. The minimum atomic E-state index is -0.262. The van der Waals surface area contributed by atoms with E-state index >= 15 is 0 Å². The van der Waals surface area contributed by atoms with Gasteiger partial charge in [0.1, 0.15) is 0 Å². The van der Waals surface area contributed by atoms with Gasteiger partial charge in [0.05, 0.1) is 0 Å². The molecule has 0 aliphatic carbocycles. The van der Waals surface area contributed by atoms with Crippen LogP contribution in [0, 0.1) is 6.92 Å². The molecule has 21 heavy (non-hydrogen) atoms. The summed E-state index contributed by atoms with van der Waals surface area (Å²) in [7, 11) is 3.99. The number of benzene rings is 1. The maximum absolute atomic E-state index is 12.3. The number of aryl methyl sites for hydroxylation is 1. The lowest BCUT2D eigenvalue weighted by Crippen LogP contribution is -2.44. The molecule has 0 saturated carbocycles. The average Bonchev–Trinajstić information content (AvgIpc) is 2.46. The molecule has 0 saturated heterocycles. The first kappa shape index (κ1) is 15.0. The molecule has 0 unspecified atom stereocenters. The van der Waals surface area contributed by atoms with Crippen molar-refractivity contribution in [2.75, 3.05) is 24.3 Å². The summed E-state index contributed by atoms with van der Waals surface area (Å²) in [6.07, 6.45) is 3.85. The molecule has 0 spiro atoms. The number of pyridine rings is 1. The van der Waals surface area contributed by atoms with E-state index in [1.54, 1.807) is 0 Å². The summed E-state index contributed by atoms with van der Waals surface area (Å²) in [5.41, 5.74) is 3.07. The molecule has 2 aromatic rings. The van der Waals surface area contributed by atoms with E-state index in [2.05, 4.69) is 5.32 Å². The number of nitrogens with zero attached hydrogens (tertiary/aromatic N) is 2. The smallest absolute Gasteiger partial charge is 0.293 e. The fraction of sp³-hybridized carbons (Fsp3) is 0.294. The van der Waals surface area contributed by atoms with E-state index in [4.69, 9.17) is 0 Å². The Bertz CT molecular complexity index is 620. The highest BCUT2D eigenvalue weighted by atomic mass is 16.2. The lowest BCUT2D eigenvalue weighted by atomic mass is 10.2. The van der Waals surface area contributed by atoms with Crippen LogP contribution >= 0.6 is 0 Å². The third kappa shape index (κ3) is 3.81. The van der Waals surface area contributed by atoms with Crippen LogP contribution in [0.2, 0.25) is 0 Å². The molecule has 1 heterocycles. The van der Waals surface area contributed by atoms with Crippen molar-refractivity contribution < 1.29 is 9.36 Å². The molecule has 2 rings (SSSR count). The summed E-state index contributed by atoms with van der Waals surface area (Å²) in [6.45, 7) is 3.90. The summed E-state index contributed by atoms with van der Waals surface area (Å²) in [5.74, 6) is -0.0248. The van der Waals surface area contributed by atoms with E-state index in [9.17, 15) is 4.79 Å². The molecule has 1 aromatic heterocycles. The van der Waals surface area contributed by atoms with E-state index in [1.165, 1.54) is 0 Å². The van der Waals surface area contributed by atoms with Crippen LogP contribution in [0.3, 0.4) is 0 Å². The number of hydrogen-bond donors (Lipinski definition) is 1. The minimum Gasteiger partial charge on any atom is -0.377 e. The van der Waals surface area contributed by atoms with E-state index in [1.807, 2.05) is 86.2 Å². The number of carbonyl (C=O) groups excluding carboxylic acids is 1. The number of hydrogen-bond acceptors (Lipinski definition) is 2. The second kappa shape index (κ2) is 6.39. The van der Waals surface area contributed by atoms with Crippen molar-refractivity contribution in [2.45, 2.75) is 19.9 Å². The molecule has 1 amide bonds. The predicted molar refractivity (Wildman–Crippen MR) is 85.5 cm³/mol. The molecule has 1 atom stereocenters. The Balaban J connectivity index is 2.08. The first-order chi connectivity index (χ1) is 9.97. The van der Waals surface area contributed by atoms with Crippen LogP contribution in [0.5, 0.6) is 0 Å². The quantitative estimate of drug-likeness (QED) is 0.876. The van der Waals surface area contributed by atoms with Gasteiger partial charge in [0.15, 0.2) is 12.4 Å². The van der Waals surface area contributed by atoms with Crippen molar-refractivity contribution in [1.29, 1.82) is 0 Å². The second-order valence-corrected chi connectivity index (χ2v) is 5.43. The number of anilines is 2. The number of nitrogens with one attached hydrogen (secondary N) is 1. The van der Waals surface area contributed by atoms with E-state index in [0.29, 0.717) is 0 Å². The molecule has 0 radical (unpaired) electrons. The van der Waals surface area contributed by atoms with Crippen molar-refractivity contribution in [3.8, 4) is 0 Å². The molecule has 1 aromatic carbocycles. The van der Waals surface area contributed by atoms with Gasteiger partial charge >= 0.3 is 0 Å². The van der Waals surface area contributed by atoms with Gasteiger partial charge in [-0.15, -0.1) is 0 Å². The standard InChI is InChI=1S/C17H21N3O/c1-13-6-5-7-15(12-13)18-17(21)14(2)20-10-8-16(9-11-20)19(3)4/h5-12,14H,1-4H3/p+1/t14-/m0/s1. The highest BCUT2D eigenvalue weighted by molar-refractivity contribution is 5.92. The zero-order valence-corrected chi connectivity index (χ0v) is 13.0. The fourth-order valence-electron chi connectivity index (χ4n) is 2.09. The van der Waals surface area contributed by atoms with Crippen molar-refractivity contribution in [3.63, 3.8) is 0 Å². The largest absolute Gasteiger partial charge is 0.377 e. The van der Waals surface area contributed by atoms with Gasteiger partial charge in [-0.3, -0.25) is 4.79 Å². The van der Waals surface area contributed by atoms with Crippen LogP contribution in [-0.2, 0) is 4.79 Å². The minimum absolute atomic E-state index is 0.0248. The number of aromatic nitrogens is 1. The Kier molecular flexibility index (Phi) is 4.58. The van der Waals surface area contributed by atoms with Gasteiger partial charge in [-0.25, -0.2) is 0 Å². The monoisotopic (exact) mass is 284 g/mol. The predicted octanol–water partition coefficient (Wildman–Crippen LogP) is 2.55. The summed E-state index contributed by atoms with van der Waals surface area (Å²) < 4.78 is 1.90. The zero-order chi connectivity index (χ0) is 15.4. The van der Waals surface area contributed by atoms with Gasteiger partial charge in [0, 0.05) is 44.5 Å². The topological polar surface area (TPSA) is 36.2 Å². The number of amides is 1. The zero-order valence-electron chi connectivity index (χ0n) is 13.0. The average molecular weight is 284 g/mol. The third-order valence-corrected chi connectivity index (χ3v) is 3.46. The molecular formula is C17H22N3O+. The Morgan fingerprint density at radius 3 is 2.43 bits per heavy atom. The van der Waals surface area contributed by atoms with Gasteiger partial charge in [0.2, 0.25) is 6.04 Å². The molecule has 0 bridgehead atoms. The SMILES string of the molecule is Cc1cccc(NC(=O)[C@H](C)[n+]2ccc(N(C)C)cc2)c1. The molecule has 0 aliphatic rings. The Morgan fingerprint density at radius 2 is 1.86 bits per heavy atom. The summed E-state index contributed by atoms with van der Waals surface area (Å²) >= 11 is 0. The van der Waals surface area contributed by atoms with Crippen LogP contribution in [0.15, 0.2) is 48.8 Å². The van der Waals surface area contributed by atoms with E-state index < -0.39 is 0 Å². The van der Waals surface area contributed by atoms with Crippen molar-refractivity contribution in [2.24, 2.45) is 0 Å². The fourth-order valence-corrected chi connectivity index (χ4v) is 2.09. The lowest BCUT2D eigenvalue weighted by Gasteiger charge is -2.12. The van der Waals surface area contributed by atoms with Crippen LogP contribution < -0.4 is 14.8 Å². The Labute approximate surface area is 126 Å². The highest BCUT2D eigenvalue weighted by Gasteiger charge is 2.21. The van der Waals surface area contributed by atoms with Gasteiger partial charge in [-0.1, -0.05) is 12.1 Å². The lowest BCUT2D eigenvalue weighted by molar-refractivity contribution is -0.705. The molecule has 0 aliphatic heterocycles. The van der Waals surface area contributed by atoms with Crippen LogP contribution in [0.4, 0.5) is 11.4 Å². The van der Waals surface area contributed by atoms with Crippen molar-refractivity contribution in [3.05, 3.63) is 54.4 Å². The van der Waals surface area contributed by atoms with Gasteiger partial charge in [-0.2, -0.15) is 4.57 Å². The van der Waals surface area contributed by atoms with E-state index in [0.717, 1.165) is 16.9 Å². The van der Waals surface area contributed by atoms with Crippen molar-refractivity contribution in [1.82, 2.24) is 0 Å². The first-order valence-electron chi connectivity index (χ1n) is 7.03. The second-order valence-electron chi connectivity index (χ2n) is 5.43. The van der Waals surface area contributed by atoms with Crippen molar-refractivity contribution >= 4 is 17.3 Å². The van der Waals surface area contributed by atoms with Gasteiger partial charge < -0.3 is 10.2 Å². The molecule has 4 nitrogen and oxygen atoms in total. The van der Waals surface area contributed by atoms with Crippen LogP contribution in [-0.4, -0.2) is 20.0 Å². The summed E-state index contributed by atoms with van der Waals surface area (Å²) in [4.78, 5) is 14.3. The number of rotatable bonds is 4. The van der Waals surface area contributed by atoms with Crippen LogP contribution in [0.25, 0.3) is 0 Å². The Morgan fingerprint density at radius 1 is 1.19 bits per heavy atom. The summed E-state index contributed by atoms with van der Waals surface area (Å²) in [5, 5.41) is 2.95. The summed E-state index contributed by atoms with van der Waals surface area (Å²) in [6, 6.07) is 11.5. The maximum atomic E-state index is 12.3. The van der Waals surface area contributed by atoms with Gasteiger partial charge in [-0.05, 0) is 24.6 Å². The van der Waals surface area contributed by atoms with E-state index in [-0.39, 0.29) is 11.9 Å². The molecule has 0 fully saturated rings. The highest BCUT2D eigenvalue weighted by Crippen LogP contribution is 2.12. The molecule has 4 heteroatoms. The van der Waals surface area contributed by atoms with Crippen LogP contribution in [0.1, 0.15) is 18.5 Å². The number of carbonyl (C=O) groups is 1. The Hall–Kier alpha value is -2.36. The molecule has 1 N–H and O–H groups in total. The normalized spacial score (nSPS) is 11.8. The van der Waals surface area contributed by atoms with Gasteiger partial charge in [0.25, 0.3) is 5.91 Å².